The molecule has 1 aromatic rings. The van der Waals surface area contributed by atoms with E-state index >= 15 is 0 Å². The number of halogens is 1. The molecule has 2 bridgehead atoms. The van der Waals surface area contributed by atoms with Gasteiger partial charge in [-0.25, -0.2) is 0 Å². The largest absolute Gasteiger partial charge is 0.337 e. The normalized spacial score (nSPS) is 24.9. The van der Waals surface area contributed by atoms with E-state index in [2.05, 4.69) is 24.4 Å². The molecular weight excluding hydrogens is 272 g/mol. The molecule has 1 aromatic carbocycles. The van der Waals surface area contributed by atoms with E-state index in [1.54, 1.807) is 0 Å². The second-order valence-electron chi connectivity index (χ2n) is 5.73. The van der Waals surface area contributed by atoms with Crippen LogP contribution in [0.4, 0.5) is 0 Å². The van der Waals surface area contributed by atoms with Crippen molar-refractivity contribution < 1.29 is 4.79 Å². The van der Waals surface area contributed by atoms with Crippen LogP contribution in [0.25, 0.3) is 0 Å². The van der Waals surface area contributed by atoms with Crippen LogP contribution in [0.2, 0.25) is 0 Å². The molecule has 2 unspecified atom stereocenters. The minimum atomic E-state index is 0. The van der Waals surface area contributed by atoms with Gasteiger partial charge in [0.15, 0.2) is 0 Å². The van der Waals surface area contributed by atoms with Gasteiger partial charge < -0.3 is 10.2 Å². The van der Waals surface area contributed by atoms with Gasteiger partial charge in [0.25, 0.3) is 5.91 Å². The third-order valence-corrected chi connectivity index (χ3v) is 4.42. The molecule has 3 rings (SSSR count). The fourth-order valence-electron chi connectivity index (χ4n) is 3.19. The summed E-state index contributed by atoms with van der Waals surface area (Å²) >= 11 is 0. The standard InChI is InChI=1S/C16H22N2O.ClH/c1-2-12-3-5-13(6-4-12)16(19)18-10-9-14-7-8-15(11-18)17-14;/h3-6,14-15,17H,2,7-11H2,1H3;1H. The number of carbonyl (C=O) groups excluding carboxylic acids is 1. The highest BCUT2D eigenvalue weighted by Gasteiger charge is 2.31. The number of rotatable bonds is 2. The maximum atomic E-state index is 12.5. The molecule has 2 aliphatic heterocycles. The number of hydrogen-bond donors (Lipinski definition) is 1. The number of fused-ring (bicyclic) bond motifs is 2. The molecule has 0 saturated carbocycles. The first kappa shape index (κ1) is 15.3. The molecule has 0 spiro atoms. The average molecular weight is 295 g/mol. The summed E-state index contributed by atoms with van der Waals surface area (Å²) in [6.45, 7) is 3.89. The Labute approximate surface area is 127 Å². The SMILES string of the molecule is CCc1ccc(C(=O)N2CCC3CCC(C2)N3)cc1.Cl. The molecule has 2 heterocycles. The molecule has 3 nitrogen and oxygen atoms in total. The second kappa shape index (κ2) is 6.59. The quantitative estimate of drug-likeness (QED) is 0.909. The lowest BCUT2D eigenvalue weighted by Crippen LogP contribution is -2.39. The Morgan fingerprint density at radius 1 is 1.20 bits per heavy atom. The Hall–Kier alpha value is -1.06. The highest BCUT2D eigenvalue weighted by molar-refractivity contribution is 5.94. The zero-order chi connectivity index (χ0) is 13.2. The number of nitrogens with one attached hydrogen (secondary N) is 1. The van der Waals surface area contributed by atoms with Gasteiger partial charge >= 0.3 is 0 Å². The lowest BCUT2D eigenvalue weighted by molar-refractivity contribution is 0.0748. The van der Waals surface area contributed by atoms with Crippen LogP contribution in [-0.4, -0.2) is 36.0 Å². The molecule has 1 N–H and O–H groups in total. The van der Waals surface area contributed by atoms with E-state index in [9.17, 15) is 4.79 Å². The van der Waals surface area contributed by atoms with Crippen molar-refractivity contribution in [2.75, 3.05) is 13.1 Å². The van der Waals surface area contributed by atoms with Crippen molar-refractivity contribution in [1.82, 2.24) is 10.2 Å². The van der Waals surface area contributed by atoms with Crippen molar-refractivity contribution in [3.8, 4) is 0 Å². The van der Waals surface area contributed by atoms with Gasteiger partial charge in [-0.05, 0) is 43.4 Å². The highest BCUT2D eigenvalue weighted by atomic mass is 35.5. The Balaban J connectivity index is 0.00000147. The van der Waals surface area contributed by atoms with Crippen LogP contribution in [0.3, 0.4) is 0 Å². The summed E-state index contributed by atoms with van der Waals surface area (Å²) in [6, 6.07) is 9.21. The number of likely N-dealkylation sites (tertiary alicyclic amines) is 1. The molecule has 110 valence electrons. The third kappa shape index (κ3) is 3.15. The summed E-state index contributed by atoms with van der Waals surface area (Å²) in [5.74, 6) is 0.192. The molecule has 0 aliphatic carbocycles. The average Bonchev–Trinajstić information content (AvgIpc) is 2.78. The zero-order valence-electron chi connectivity index (χ0n) is 12.0. The van der Waals surface area contributed by atoms with Crippen molar-refractivity contribution in [3.05, 3.63) is 35.4 Å². The second-order valence-corrected chi connectivity index (χ2v) is 5.73. The molecule has 4 heteroatoms. The van der Waals surface area contributed by atoms with Crippen LogP contribution in [0.5, 0.6) is 0 Å². The summed E-state index contributed by atoms with van der Waals surface area (Å²) in [5, 5.41) is 3.61. The van der Waals surface area contributed by atoms with E-state index in [-0.39, 0.29) is 18.3 Å². The van der Waals surface area contributed by atoms with Crippen LogP contribution in [0, 0.1) is 0 Å². The summed E-state index contributed by atoms with van der Waals surface area (Å²) in [7, 11) is 0. The maximum Gasteiger partial charge on any atom is 0.253 e. The monoisotopic (exact) mass is 294 g/mol. The Kier molecular flexibility index (Phi) is 5.06. The van der Waals surface area contributed by atoms with Crippen LogP contribution in [0.15, 0.2) is 24.3 Å². The maximum absolute atomic E-state index is 12.5. The van der Waals surface area contributed by atoms with Crippen molar-refractivity contribution in [2.24, 2.45) is 0 Å². The molecule has 2 atom stereocenters. The number of nitrogens with zero attached hydrogens (tertiary/aromatic N) is 1. The minimum Gasteiger partial charge on any atom is -0.337 e. The first-order chi connectivity index (χ1) is 9.26. The number of amides is 1. The molecule has 2 saturated heterocycles. The molecule has 20 heavy (non-hydrogen) atoms. The van der Waals surface area contributed by atoms with Gasteiger partial charge in [0.2, 0.25) is 0 Å². The molecule has 0 radical (unpaired) electrons. The fourth-order valence-corrected chi connectivity index (χ4v) is 3.19. The van der Waals surface area contributed by atoms with Gasteiger partial charge in [0.1, 0.15) is 0 Å². The van der Waals surface area contributed by atoms with Crippen LogP contribution in [0.1, 0.15) is 42.1 Å². The van der Waals surface area contributed by atoms with Gasteiger partial charge in [0.05, 0.1) is 0 Å². The van der Waals surface area contributed by atoms with E-state index in [1.165, 1.54) is 18.4 Å². The minimum absolute atomic E-state index is 0. The van der Waals surface area contributed by atoms with Gasteiger partial charge in [-0.1, -0.05) is 19.1 Å². The number of aryl methyl sites for hydroxylation is 1. The predicted octanol–water partition coefficient (Wildman–Crippen LogP) is 2.64. The van der Waals surface area contributed by atoms with E-state index in [1.807, 2.05) is 17.0 Å². The first-order valence-corrected chi connectivity index (χ1v) is 7.40. The Morgan fingerprint density at radius 2 is 1.90 bits per heavy atom. The van der Waals surface area contributed by atoms with Crippen LogP contribution >= 0.6 is 12.4 Å². The summed E-state index contributed by atoms with van der Waals surface area (Å²) < 4.78 is 0. The Bertz CT molecular complexity index is 460. The van der Waals surface area contributed by atoms with Gasteiger partial charge in [-0.2, -0.15) is 0 Å². The molecule has 2 fully saturated rings. The molecule has 1 amide bonds. The van der Waals surface area contributed by atoms with E-state index in [4.69, 9.17) is 0 Å². The lowest BCUT2D eigenvalue weighted by Gasteiger charge is -2.24. The molecule has 0 aromatic heterocycles. The number of hydrogen-bond acceptors (Lipinski definition) is 2. The topological polar surface area (TPSA) is 32.3 Å². The fraction of sp³-hybridized carbons (Fsp3) is 0.562. The van der Waals surface area contributed by atoms with Gasteiger partial charge in [0, 0.05) is 30.7 Å². The van der Waals surface area contributed by atoms with E-state index < -0.39 is 0 Å². The third-order valence-electron chi connectivity index (χ3n) is 4.42. The molecular formula is C16H23ClN2O. The van der Waals surface area contributed by atoms with E-state index in [0.717, 1.165) is 31.5 Å². The lowest BCUT2D eigenvalue weighted by atomic mass is 10.1. The predicted molar refractivity (Wildman–Crippen MR) is 83.5 cm³/mol. The van der Waals surface area contributed by atoms with Crippen LogP contribution < -0.4 is 5.32 Å². The van der Waals surface area contributed by atoms with Crippen molar-refractivity contribution >= 4 is 18.3 Å². The van der Waals surface area contributed by atoms with E-state index in [0.29, 0.717) is 12.1 Å². The summed E-state index contributed by atoms with van der Waals surface area (Å²) in [4.78, 5) is 14.6. The first-order valence-electron chi connectivity index (χ1n) is 7.40. The summed E-state index contributed by atoms with van der Waals surface area (Å²) in [6.07, 6.45) is 4.60. The smallest absolute Gasteiger partial charge is 0.253 e. The number of carbonyl (C=O) groups is 1. The summed E-state index contributed by atoms with van der Waals surface area (Å²) in [5.41, 5.74) is 2.11. The van der Waals surface area contributed by atoms with Gasteiger partial charge in [-0.3, -0.25) is 4.79 Å². The van der Waals surface area contributed by atoms with Crippen molar-refractivity contribution in [3.63, 3.8) is 0 Å². The number of benzene rings is 1. The van der Waals surface area contributed by atoms with Crippen molar-refractivity contribution in [2.45, 2.75) is 44.7 Å². The van der Waals surface area contributed by atoms with Gasteiger partial charge in [-0.15, -0.1) is 12.4 Å². The Morgan fingerprint density at radius 3 is 2.60 bits per heavy atom. The van der Waals surface area contributed by atoms with Crippen LogP contribution in [-0.2, 0) is 6.42 Å². The highest BCUT2D eigenvalue weighted by Crippen LogP contribution is 2.21. The zero-order valence-corrected chi connectivity index (χ0v) is 12.8. The molecule has 2 aliphatic rings. The van der Waals surface area contributed by atoms with Crippen molar-refractivity contribution in [1.29, 1.82) is 0 Å².